The number of fused-ring (bicyclic) bond motifs is 1. The van der Waals surface area contributed by atoms with Gasteiger partial charge in [0.15, 0.2) is 0 Å². The van der Waals surface area contributed by atoms with E-state index in [0.29, 0.717) is 16.4 Å². The van der Waals surface area contributed by atoms with Gasteiger partial charge < -0.3 is 5.32 Å². The maximum atomic E-state index is 12.2. The van der Waals surface area contributed by atoms with E-state index >= 15 is 0 Å². The van der Waals surface area contributed by atoms with Crippen molar-refractivity contribution >= 4 is 51.6 Å². The molecule has 142 valence electrons. The molecule has 0 aliphatic heterocycles. The van der Waals surface area contributed by atoms with Crippen LogP contribution in [0.3, 0.4) is 0 Å². The Morgan fingerprint density at radius 1 is 1.19 bits per heavy atom. The van der Waals surface area contributed by atoms with E-state index in [2.05, 4.69) is 45.7 Å². The van der Waals surface area contributed by atoms with Crippen molar-refractivity contribution in [2.24, 2.45) is 5.92 Å². The summed E-state index contributed by atoms with van der Waals surface area (Å²) in [6.07, 6.45) is 3.15. The van der Waals surface area contributed by atoms with Crippen LogP contribution in [0.4, 0.5) is 0 Å². The number of hydrazine groups is 1. The van der Waals surface area contributed by atoms with Gasteiger partial charge in [-0.1, -0.05) is 19.1 Å². The maximum Gasteiger partial charge on any atom is 0.279 e. The van der Waals surface area contributed by atoms with E-state index < -0.39 is 5.91 Å². The zero-order chi connectivity index (χ0) is 19.4. The van der Waals surface area contributed by atoms with Crippen molar-refractivity contribution in [3.8, 4) is 0 Å². The van der Waals surface area contributed by atoms with E-state index in [1.165, 1.54) is 21.8 Å². The summed E-state index contributed by atoms with van der Waals surface area (Å²) in [5, 5.41) is 2.54. The van der Waals surface area contributed by atoms with Crippen LogP contribution in [-0.4, -0.2) is 24.3 Å². The standard InChI is InChI=1S/C19H20IN3O3S/c1-11-6-7-15-12(8-11)9-16(27-15)19(26)23-22-17(24)10-21-18(25)13-4-2-3-5-14(13)20/h2-5,9,11H,6-8,10H2,1H3,(H,21,25)(H,22,24)(H,23,26). The van der Waals surface area contributed by atoms with Crippen LogP contribution >= 0.6 is 33.9 Å². The normalized spacial score (nSPS) is 15.6. The van der Waals surface area contributed by atoms with Crippen LogP contribution < -0.4 is 16.2 Å². The van der Waals surface area contributed by atoms with E-state index in [-0.39, 0.29) is 18.4 Å². The van der Waals surface area contributed by atoms with Gasteiger partial charge in [0.2, 0.25) is 0 Å². The van der Waals surface area contributed by atoms with Gasteiger partial charge >= 0.3 is 0 Å². The summed E-state index contributed by atoms with van der Waals surface area (Å²) in [4.78, 5) is 38.1. The third kappa shape index (κ3) is 5.07. The first-order valence-corrected chi connectivity index (χ1v) is 10.6. The van der Waals surface area contributed by atoms with Crippen molar-refractivity contribution in [2.75, 3.05) is 6.54 Å². The zero-order valence-electron chi connectivity index (χ0n) is 14.8. The summed E-state index contributed by atoms with van der Waals surface area (Å²) in [6, 6.07) is 9.02. The highest BCUT2D eigenvalue weighted by Crippen LogP contribution is 2.32. The highest BCUT2D eigenvalue weighted by atomic mass is 127. The number of hydrogen-bond donors (Lipinski definition) is 3. The summed E-state index contributed by atoms with van der Waals surface area (Å²) in [6.45, 7) is 1.99. The lowest BCUT2D eigenvalue weighted by Gasteiger charge is -2.16. The first kappa shape index (κ1) is 19.8. The maximum absolute atomic E-state index is 12.2. The molecule has 0 bridgehead atoms. The number of hydrogen-bond acceptors (Lipinski definition) is 4. The summed E-state index contributed by atoms with van der Waals surface area (Å²) in [7, 11) is 0. The van der Waals surface area contributed by atoms with Gasteiger partial charge in [-0.2, -0.15) is 0 Å². The SMILES string of the molecule is CC1CCc2sc(C(=O)NNC(=O)CNC(=O)c3ccccc3I)cc2C1. The summed E-state index contributed by atoms with van der Waals surface area (Å²) in [5.74, 6) is -0.516. The molecule has 3 rings (SSSR count). The number of carbonyl (C=O) groups is 3. The highest BCUT2D eigenvalue weighted by Gasteiger charge is 2.21. The Morgan fingerprint density at radius 3 is 2.74 bits per heavy atom. The molecular weight excluding hydrogens is 477 g/mol. The molecule has 1 aromatic carbocycles. The molecule has 1 unspecified atom stereocenters. The molecular formula is C19H20IN3O3S. The second kappa shape index (κ2) is 8.83. The Hall–Kier alpha value is -1.94. The van der Waals surface area contributed by atoms with Crippen LogP contribution in [0.1, 0.15) is 43.8 Å². The molecule has 6 nitrogen and oxygen atoms in total. The minimum atomic E-state index is -0.488. The highest BCUT2D eigenvalue weighted by molar-refractivity contribution is 14.1. The zero-order valence-corrected chi connectivity index (χ0v) is 17.8. The third-order valence-electron chi connectivity index (χ3n) is 4.40. The fourth-order valence-corrected chi connectivity index (χ4v) is 4.69. The Balaban J connectivity index is 1.47. The Bertz CT molecular complexity index is 881. The molecule has 1 aliphatic carbocycles. The van der Waals surface area contributed by atoms with Crippen LogP contribution in [0.15, 0.2) is 30.3 Å². The number of rotatable bonds is 4. The van der Waals surface area contributed by atoms with Gasteiger partial charge in [0, 0.05) is 8.45 Å². The van der Waals surface area contributed by atoms with Gasteiger partial charge in [0.05, 0.1) is 17.0 Å². The van der Waals surface area contributed by atoms with Crippen LogP contribution in [0.5, 0.6) is 0 Å². The average molecular weight is 497 g/mol. The molecule has 0 saturated carbocycles. The molecule has 1 heterocycles. The number of nitrogens with one attached hydrogen (secondary N) is 3. The largest absolute Gasteiger partial charge is 0.343 e. The minimum Gasteiger partial charge on any atom is -0.343 e. The first-order chi connectivity index (χ1) is 12.9. The smallest absolute Gasteiger partial charge is 0.279 e. The molecule has 0 saturated heterocycles. The number of carbonyl (C=O) groups excluding carboxylic acids is 3. The number of amides is 3. The molecule has 27 heavy (non-hydrogen) atoms. The van der Waals surface area contributed by atoms with Crippen LogP contribution in [0.2, 0.25) is 0 Å². The predicted octanol–water partition coefficient (Wildman–Crippen LogP) is 2.67. The molecule has 1 aliphatic rings. The summed E-state index contributed by atoms with van der Waals surface area (Å²) < 4.78 is 0.803. The molecule has 0 radical (unpaired) electrons. The fourth-order valence-electron chi connectivity index (χ4n) is 2.95. The first-order valence-electron chi connectivity index (χ1n) is 8.67. The van der Waals surface area contributed by atoms with Crippen molar-refractivity contribution in [2.45, 2.75) is 26.2 Å². The Labute approximate surface area is 175 Å². The molecule has 3 amide bonds. The van der Waals surface area contributed by atoms with E-state index in [0.717, 1.165) is 22.8 Å². The lowest BCUT2D eigenvalue weighted by atomic mass is 9.90. The molecule has 1 aromatic heterocycles. The monoisotopic (exact) mass is 497 g/mol. The number of halogens is 1. The van der Waals surface area contributed by atoms with Crippen molar-refractivity contribution in [3.63, 3.8) is 0 Å². The van der Waals surface area contributed by atoms with Gasteiger partial charge in [-0.05, 0) is 71.5 Å². The van der Waals surface area contributed by atoms with Crippen LogP contribution in [-0.2, 0) is 17.6 Å². The predicted molar refractivity (Wildman–Crippen MR) is 113 cm³/mol. The topological polar surface area (TPSA) is 87.3 Å². The average Bonchev–Trinajstić information content (AvgIpc) is 3.07. The van der Waals surface area contributed by atoms with Gasteiger partial charge in [0.1, 0.15) is 0 Å². The molecule has 0 spiro atoms. The summed E-state index contributed by atoms with van der Waals surface area (Å²) in [5.41, 5.74) is 6.50. The Kier molecular flexibility index (Phi) is 6.48. The molecule has 8 heteroatoms. The second-order valence-corrected chi connectivity index (χ2v) is 8.87. The quantitative estimate of drug-likeness (QED) is 0.449. The minimum absolute atomic E-state index is 0.220. The van der Waals surface area contributed by atoms with Crippen LogP contribution in [0.25, 0.3) is 0 Å². The van der Waals surface area contributed by atoms with Crippen molar-refractivity contribution in [1.82, 2.24) is 16.2 Å². The van der Waals surface area contributed by atoms with Gasteiger partial charge in [-0.3, -0.25) is 25.2 Å². The second-order valence-electron chi connectivity index (χ2n) is 6.57. The molecule has 1 atom stereocenters. The molecule has 0 fully saturated rings. The van der Waals surface area contributed by atoms with E-state index in [1.54, 1.807) is 12.1 Å². The van der Waals surface area contributed by atoms with Gasteiger partial charge in [0.25, 0.3) is 17.7 Å². The number of aryl methyl sites for hydroxylation is 1. The van der Waals surface area contributed by atoms with E-state index in [4.69, 9.17) is 0 Å². The van der Waals surface area contributed by atoms with Crippen molar-refractivity contribution < 1.29 is 14.4 Å². The van der Waals surface area contributed by atoms with Gasteiger partial charge in [-0.15, -0.1) is 11.3 Å². The fraction of sp³-hybridized carbons (Fsp3) is 0.316. The molecule has 2 aromatic rings. The molecule has 3 N–H and O–H groups in total. The van der Waals surface area contributed by atoms with Crippen molar-refractivity contribution in [3.05, 3.63) is 54.8 Å². The lowest BCUT2D eigenvalue weighted by molar-refractivity contribution is -0.120. The lowest BCUT2D eigenvalue weighted by Crippen LogP contribution is -2.46. The van der Waals surface area contributed by atoms with Gasteiger partial charge in [-0.25, -0.2) is 0 Å². The summed E-state index contributed by atoms with van der Waals surface area (Å²) >= 11 is 3.54. The Morgan fingerprint density at radius 2 is 1.96 bits per heavy atom. The van der Waals surface area contributed by atoms with Crippen LogP contribution in [0, 0.1) is 9.49 Å². The number of benzene rings is 1. The number of thiophene rings is 1. The van der Waals surface area contributed by atoms with E-state index in [1.807, 2.05) is 18.2 Å². The van der Waals surface area contributed by atoms with E-state index in [9.17, 15) is 14.4 Å². The third-order valence-corrected chi connectivity index (χ3v) is 6.57. The van der Waals surface area contributed by atoms with Crippen molar-refractivity contribution in [1.29, 1.82) is 0 Å².